The maximum atomic E-state index is 11.8. The van der Waals surface area contributed by atoms with Crippen LogP contribution in [0.25, 0.3) is 33.1 Å². The highest BCUT2D eigenvalue weighted by atomic mass is 16.4. The molecule has 176 valence electrons. The van der Waals surface area contributed by atoms with Crippen molar-refractivity contribution in [3.63, 3.8) is 0 Å². The Morgan fingerprint density at radius 2 is 1.85 bits per heavy atom. The number of benzene rings is 2. The third-order valence-electron chi connectivity index (χ3n) is 7.87. The minimum absolute atomic E-state index is 0.375. The summed E-state index contributed by atoms with van der Waals surface area (Å²) < 4.78 is 4.92. The number of aryl methyl sites for hydroxylation is 2. The molecule has 1 fully saturated rings. The Kier molecular flexibility index (Phi) is 5.25. The molecule has 0 atom stereocenters. The molecular weight excluding hydrogens is 422 g/mol. The third-order valence-corrected chi connectivity index (χ3v) is 7.87. The zero-order valence-electron chi connectivity index (χ0n) is 20.2. The molecule has 1 saturated carbocycles. The molecule has 0 radical (unpaired) electrons. The Balaban J connectivity index is 1.69. The number of carbonyl (C=O) groups is 1. The molecule has 1 N–H and O–H groups in total. The van der Waals surface area contributed by atoms with Crippen molar-refractivity contribution in [2.45, 2.75) is 64.1 Å². The second-order valence-corrected chi connectivity index (χ2v) is 10.4. The summed E-state index contributed by atoms with van der Waals surface area (Å²) in [6.07, 6.45) is 9.69. The topological polar surface area (TPSA) is 50.4 Å². The second-order valence-electron chi connectivity index (χ2n) is 10.4. The number of nitrogens with zero attached hydrogens (tertiary/aromatic N) is 3. The number of aromatic nitrogens is 2. The summed E-state index contributed by atoms with van der Waals surface area (Å²) in [7, 11) is 4.26. The Morgan fingerprint density at radius 1 is 1.03 bits per heavy atom. The SMILES string of the molecule is CN(C)Cc1cn2c3c(cccc13)-c1c(C3CCCCC3)c3ccc(C(=O)O)cc3n1CCC2. The Morgan fingerprint density at radius 3 is 2.62 bits per heavy atom. The highest BCUT2D eigenvalue weighted by Gasteiger charge is 2.29. The number of rotatable bonds is 4. The van der Waals surface area contributed by atoms with Crippen LogP contribution in [-0.4, -0.2) is 39.2 Å². The Hall–Kier alpha value is -3.05. The van der Waals surface area contributed by atoms with Gasteiger partial charge in [0.25, 0.3) is 0 Å². The minimum atomic E-state index is -0.855. The summed E-state index contributed by atoms with van der Waals surface area (Å²) in [4.78, 5) is 14.1. The Bertz CT molecular complexity index is 1400. The summed E-state index contributed by atoms with van der Waals surface area (Å²) in [6.45, 7) is 2.80. The predicted octanol–water partition coefficient (Wildman–Crippen LogP) is 6.47. The smallest absolute Gasteiger partial charge is 0.335 e. The largest absolute Gasteiger partial charge is 0.478 e. The number of hydrogen-bond acceptors (Lipinski definition) is 2. The number of hydrogen-bond donors (Lipinski definition) is 1. The van der Waals surface area contributed by atoms with Crippen LogP contribution in [0.1, 0.15) is 65.9 Å². The maximum absolute atomic E-state index is 11.8. The summed E-state index contributed by atoms with van der Waals surface area (Å²) in [5.41, 5.74) is 8.24. The molecule has 2 aromatic carbocycles. The first kappa shape index (κ1) is 21.5. The van der Waals surface area contributed by atoms with Crippen LogP contribution in [0.3, 0.4) is 0 Å². The van der Waals surface area contributed by atoms with E-state index in [0.29, 0.717) is 11.5 Å². The van der Waals surface area contributed by atoms with E-state index in [1.54, 1.807) is 6.07 Å². The molecule has 0 unspecified atom stereocenters. The van der Waals surface area contributed by atoms with Crippen LogP contribution in [0.2, 0.25) is 0 Å². The van der Waals surface area contributed by atoms with E-state index in [-0.39, 0.29) is 0 Å². The molecule has 6 rings (SSSR count). The van der Waals surface area contributed by atoms with E-state index in [0.717, 1.165) is 31.6 Å². The first-order chi connectivity index (χ1) is 16.5. The van der Waals surface area contributed by atoms with Crippen LogP contribution in [0, 0.1) is 0 Å². The lowest BCUT2D eigenvalue weighted by Gasteiger charge is -2.25. The fourth-order valence-corrected chi connectivity index (χ4v) is 6.50. The van der Waals surface area contributed by atoms with E-state index in [1.165, 1.54) is 70.8 Å². The number of carboxylic acid groups (broad SMARTS) is 1. The quantitative estimate of drug-likeness (QED) is 0.383. The van der Waals surface area contributed by atoms with Crippen molar-refractivity contribution < 1.29 is 9.90 Å². The second kappa shape index (κ2) is 8.31. The van der Waals surface area contributed by atoms with Crippen LogP contribution >= 0.6 is 0 Å². The highest BCUT2D eigenvalue weighted by Crippen LogP contribution is 2.46. The molecule has 0 spiro atoms. The summed E-state index contributed by atoms with van der Waals surface area (Å²) in [5.74, 6) is -0.325. The van der Waals surface area contributed by atoms with Crippen molar-refractivity contribution in [3.8, 4) is 11.3 Å². The molecule has 4 aromatic rings. The van der Waals surface area contributed by atoms with E-state index in [9.17, 15) is 9.90 Å². The Labute approximate surface area is 200 Å². The van der Waals surface area contributed by atoms with Gasteiger partial charge >= 0.3 is 5.97 Å². The first-order valence-electron chi connectivity index (χ1n) is 12.7. The number of carboxylic acids is 1. The molecule has 5 heteroatoms. The van der Waals surface area contributed by atoms with Gasteiger partial charge in [0, 0.05) is 47.7 Å². The van der Waals surface area contributed by atoms with Gasteiger partial charge in [-0.05, 0) is 62.5 Å². The van der Waals surface area contributed by atoms with Crippen molar-refractivity contribution in [1.82, 2.24) is 14.0 Å². The van der Waals surface area contributed by atoms with Gasteiger partial charge in [-0.15, -0.1) is 0 Å². The van der Waals surface area contributed by atoms with Gasteiger partial charge in [0.2, 0.25) is 0 Å². The lowest BCUT2D eigenvalue weighted by molar-refractivity contribution is 0.0697. The van der Waals surface area contributed by atoms with E-state index < -0.39 is 5.97 Å². The average molecular weight is 456 g/mol. The maximum Gasteiger partial charge on any atom is 0.335 e. The lowest BCUT2D eigenvalue weighted by atomic mass is 9.81. The van der Waals surface area contributed by atoms with Crippen LogP contribution in [0.5, 0.6) is 0 Å². The van der Waals surface area contributed by atoms with Crippen LogP contribution < -0.4 is 0 Å². The van der Waals surface area contributed by atoms with Gasteiger partial charge in [0.05, 0.1) is 16.8 Å². The molecule has 3 heterocycles. The molecule has 1 aliphatic carbocycles. The van der Waals surface area contributed by atoms with Gasteiger partial charge < -0.3 is 19.1 Å². The average Bonchev–Trinajstić information content (AvgIpc) is 3.33. The monoisotopic (exact) mass is 455 g/mol. The molecular formula is C29H33N3O2. The molecule has 5 nitrogen and oxygen atoms in total. The summed E-state index contributed by atoms with van der Waals surface area (Å²) in [6, 6.07) is 12.6. The van der Waals surface area contributed by atoms with Crippen LogP contribution in [0.15, 0.2) is 42.6 Å². The van der Waals surface area contributed by atoms with Crippen molar-refractivity contribution in [2.24, 2.45) is 0 Å². The molecule has 1 aliphatic heterocycles. The number of aromatic carboxylic acids is 1. The van der Waals surface area contributed by atoms with Gasteiger partial charge in [-0.25, -0.2) is 4.79 Å². The summed E-state index contributed by atoms with van der Waals surface area (Å²) in [5, 5.41) is 12.3. The van der Waals surface area contributed by atoms with E-state index in [4.69, 9.17) is 0 Å². The molecule has 0 bridgehead atoms. The molecule has 2 aliphatic rings. The fourth-order valence-electron chi connectivity index (χ4n) is 6.50. The van der Waals surface area contributed by atoms with Crippen LogP contribution in [-0.2, 0) is 19.6 Å². The van der Waals surface area contributed by atoms with Gasteiger partial charge in [-0.2, -0.15) is 0 Å². The standard InChI is InChI=1S/C29H33N3O2/c1-30(2)17-21-18-31-14-7-15-32-25-16-20(29(33)34)12-13-23(25)26(19-8-4-3-5-9-19)28(32)24-11-6-10-22(21)27(24)31/h6,10-13,16,18-19H,3-5,7-9,14-15,17H2,1-2H3,(H,33,34). The van der Waals surface area contributed by atoms with Crippen molar-refractivity contribution in [1.29, 1.82) is 0 Å². The molecule has 34 heavy (non-hydrogen) atoms. The van der Waals surface area contributed by atoms with E-state index >= 15 is 0 Å². The van der Waals surface area contributed by atoms with E-state index in [1.807, 2.05) is 6.07 Å². The summed E-state index contributed by atoms with van der Waals surface area (Å²) >= 11 is 0. The predicted molar refractivity (Wildman–Crippen MR) is 138 cm³/mol. The van der Waals surface area contributed by atoms with Gasteiger partial charge in [0.1, 0.15) is 0 Å². The minimum Gasteiger partial charge on any atom is -0.478 e. The van der Waals surface area contributed by atoms with E-state index in [2.05, 4.69) is 58.6 Å². The van der Waals surface area contributed by atoms with Crippen molar-refractivity contribution >= 4 is 27.8 Å². The zero-order valence-corrected chi connectivity index (χ0v) is 20.2. The van der Waals surface area contributed by atoms with Crippen LogP contribution in [0.4, 0.5) is 0 Å². The first-order valence-corrected chi connectivity index (χ1v) is 12.7. The number of fused-ring (bicyclic) bond motifs is 4. The fraction of sp³-hybridized carbons (Fsp3) is 0.414. The van der Waals surface area contributed by atoms with Crippen molar-refractivity contribution in [2.75, 3.05) is 14.1 Å². The molecule has 0 saturated heterocycles. The van der Waals surface area contributed by atoms with Gasteiger partial charge in [0.15, 0.2) is 0 Å². The van der Waals surface area contributed by atoms with Gasteiger partial charge in [-0.3, -0.25) is 0 Å². The number of para-hydroxylation sites is 1. The van der Waals surface area contributed by atoms with Crippen molar-refractivity contribution in [3.05, 3.63) is 59.3 Å². The lowest BCUT2D eigenvalue weighted by Crippen LogP contribution is -2.11. The molecule has 2 aromatic heterocycles. The van der Waals surface area contributed by atoms with Gasteiger partial charge in [-0.1, -0.05) is 43.5 Å². The third kappa shape index (κ3) is 3.37. The molecule has 0 amide bonds. The zero-order chi connectivity index (χ0) is 23.4. The highest BCUT2D eigenvalue weighted by molar-refractivity contribution is 6.03. The normalized spacial score (nSPS) is 16.7.